The van der Waals surface area contributed by atoms with Crippen LogP contribution < -0.4 is 15.0 Å². The molecule has 1 aliphatic heterocycles. The van der Waals surface area contributed by atoms with Crippen LogP contribution in [0.5, 0.6) is 5.75 Å². The van der Waals surface area contributed by atoms with Gasteiger partial charge in [0.1, 0.15) is 12.4 Å². The Hall–Kier alpha value is -2.20. The molecule has 3 rings (SSSR count). The van der Waals surface area contributed by atoms with Gasteiger partial charge >= 0.3 is 6.03 Å². The Morgan fingerprint density at radius 3 is 2.95 bits per heavy atom. The van der Waals surface area contributed by atoms with Crippen LogP contribution in [0.15, 0.2) is 42.5 Å². The number of carbonyl (C=O) groups is 1. The molecule has 2 amide bonds. The van der Waals surface area contributed by atoms with Crippen molar-refractivity contribution in [2.24, 2.45) is 0 Å². The number of halogens is 1. The number of nitrogens with one attached hydrogen (secondary N) is 1. The van der Waals surface area contributed by atoms with Crippen LogP contribution in [0, 0.1) is 6.92 Å². The van der Waals surface area contributed by atoms with E-state index in [9.17, 15) is 4.79 Å². The van der Waals surface area contributed by atoms with Gasteiger partial charge in [-0.05, 0) is 42.8 Å². The van der Waals surface area contributed by atoms with Gasteiger partial charge < -0.3 is 10.1 Å². The minimum Gasteiger partial charge on any atom is -0.490 e. The summed E-state index contributed by atoms with van der Waals surface area (Å²) in [7, 11) is 0. The van der Waals surface area contributed by atoms with Crippen LogP contribution >= 0.6 is 11.6 Å². The molecule has 4 nitrogen and oxygen atoms in total. The molecular weight excluding hydrogens is 288 g/mol. The largest absolute Gasteiger partial charge is 0.490 e. The van der Waals surface area contributed by atoms with Gasteiger partial charge in [-0.15, -0.1) is 0 Å². The summed E-state index contributed by atoms with van der Waals surface area (Å²) >= 11 is 5.93. The quantitative estimate of drug-likeness (QED) is 0.862. The molecule has 0 aromatic heterocycles. The summed E-state index contributed by atoms with van der Waals surface area (Å²) < 4.78 is 5.59. The van der Waals surface area contributed by atoms with Gasteiger partial charge in [0.15, 0.2) is 0 Å². The van der Waals surface area contributed by atoms with E-state index in [0.29, 0.717) is 23.9 Å². The molecule has 21 heavy (non-hydrogen) atoms. The van der Waals surface area contributed by atoms with Crippen molar-refractivity contribution in [3.63, 3.8) is 0 Å². The lowest BCUT2D eigenvalue weighted by Crippen LogP contribution is -2.40. The molecule has 0 unspecified atom stereocenters. The second kappa shape index (κ2) is 5.66. The lowest BCUT2D eigenvalue weighted by molar-refractivity contribution is 0.250. The molecule has 0 saturated heterocycles. The Balaban J connectivity index is 1.85. The Bertz CT molecular complexity index is 688. The summed E-state index contributed by atoms with van der Waals surface area (Å²) in [6.45, 7) is 2.99. The van der Waals surface area contributed by atoms with E-state index in [1.54, 1.807) is 29.2 Å². The summed E-state index contributed by atoms with van der Waals surface area (Å²) in [5.41, 5.74) is 2.55. The Labute approximate surface area is 128 Å². The maximum Gasteiger partial charge on any atom is 0.326 e. The first-order chi connectivity index (χ1) is 10.1. The van der Waals surface area contributed by atoms with Crippen LogP contribution in [-0.2, 0) is 0 Å². The highest BCUT2D eigenvalue weighted by Crippen LogP contribution is 2.32. The molecule has 0 bridgehead atoms. The number of anilines is 2. The third-order valence-corrected chi connectivity index (χ3v) is 3.53. The van der Waals surface area contributed by atoms with Gasteiger partial charge in [0.2, 0.25) is 0 Å². The van der Waals surface area contributed by atoms with Crippen LogP contribution in [-0.4, -0.2) is 19.2 Å². The number of amides is 2. The second-order valence-corrected chi connectivity index (χ2v) is 5.35. The van der Waals surface area contributed by atoms with E-state index in [2.05, 4.69) is 5.32 Å². The molecule has 0 spiro atoms. The summed E-state index contributed by atoms with van der Waals surface area (Å²) in [6, 6.07) is 12.7. The van der Waals surface area contributed by atoms with E-state index in [-0.39, 0.29) is 6.03 Å². The molecule has 0 saturated carbocycles. The lowest BCUT2D eigenvalue weighted by atomic mass is 10.1. The predicted octanol–water partition coefficient (Wildman–Crippen LogP) is 4.08. The fraction of sp³-hybridized carbons (Fsp3) is 0.188. The van der Waals surface area contributed by atoms with Gasteiger partial charge in [-0.1, -0.05) is 23.7 Å². The van der Waals surface area contributed by atoms with Crippen molar-refractivity contribution in [2.75, 3.05) is 23.4 Å². The van der Waals surface area contributed by atoms with E-state index in [1.165, 1.54) is 0 Å². The van der Waals surface area contributed by atoms with Gasteiger partial charge in [0, 0.05) is 10.7 Å². The zero-order chi connectivity index (χ0) is 14.8. The molecule has 0 radical (unpaired) electrons. The highest BCUT2D eigenvalue weighted by atomic mass is 35.5. The van der Waals surface area contributed by atoms with Crippen molar-refractivity contribution in [2.45, 2.75) is 6.92 Å². The fourth-order valence-corrected chi connectivity index (χ4v) is 2.49. The first-order valence-corrected chi connectivity index (χ1v) is 7.09. The zero-order valence-corrected chi connectivity index (χ0v) is 12.4. The summed E-state index contributed by atoms with van der Waals surface area (Å²) in [4.78, 5) is 14.2. The maximum absolute atomic E-state index is 12.5. The summed E-state index contributed by atoms with van der Waals surface area (Å²) in [5, 5.41) is 3.45. The third kappa shape index (κ3) is 2.95. The van der Waals surface area contributed by atoms with Gasteiger partial charge in [-0.2, -0.15) is 0 Å². The topological polar surface area (TPSA) is 41.6 Å². The maximum atomic E-state index is 12.5. The molecule has 0 fully saturated rings. The first-order valence-electron chi connectivity index (χ1n) is 6.71. The van der Waals surface area contributed by atoms with E-state index < -0.39 is 0 Å². The van der Waals surface area contributed by atoms with Crippen molar-refractivity contribution in [1.82, 2.24) is 0 Å². The van der Waals surface area contributed by atoms with Crippen molar-refractivity contribution in [1.29, 1.82) is 0 Å². The number of urea groups is 1. The van der Waals surface area contributed by atoms with Gasteiger partial charge in [-0.3, -0.25) is 4.90 Å². The van der Waals surface area contributed by atoms with Crippen molar-refractivity contribution < 1.29 is 9.53 Å². The molecule has 0 aliphatic carbocycles. The van der Waals surface area contributed by atoms with Crippen molar-refractivity contribution in [3.8, 4) is 5.75 Å². The van der Waals surface area contributed by atoms with Crippen LogP contribution in [0.3, 0.4) is 0 Å². The standard InChI is InChI=1S/C16H15ClN2O2/c1-11-5-6-15-14(9-11)19(7-8-21-15)16(20)18-13-4-2-3-12(17)10-13/h2-6,9-10H,7-8H2,1H3,(H,18,20). The Kier molecular flexibility index (Phi) is 3.71. The minimum atomic E-state index is -0.188. The number of rotatable bonds is 1. The smallest absolute Gasteiger partial charge is 0.326 e. The van der Waals surface area contributed by atoms with E-state index in [4.69, 9.17) is 16.3 Å². The van der Waals surface area contributed by atoms with Gasteiger partial charge in [0.25, 0.3) is 0 Å². The Morgan fingerprint density at radius 2 is 2.14 bits per heavy atom. The molecular formula is C16H15ClN2O2. The highest BCUT2D eigenvalue weighted by Gasteiger charge is 2.23. The number of benzene rings is 2. The molecule has 1 aliphatic rings. The number of carbonyl (C=O) groups excluding carboxylic acids is 1. The average molecular weight is 303 g/mol. The average Bonchev–Trinajstić information content (AvgIpc) is 2.46. The van der Waals surface area contributed by atoms with Crippen LogP contribution in [0.2, 0.25) is 5.02 Å². The first kappa shape index (κ1) is 13.8. The predicted molar refractivity (Wildman–Crippen MR) is 84.5 cm³/mol. The molecule has 108 valence electrons. The zero-order valence-electron chi connectivity index (χ0n) is 11.6. The van der Waals surface area contributed by atoms with E-state index in [1.807, 2.05) is 25.1 Å². The third-order valence-electron chi connectivity index (χ3n) is 3.30. The molecule has 1 N–H and O–H groups in total. The number of aryl methyl sites for hydroxylation is 1. The van der Waals surface area contributed by atoms with E-state index in [0.717, 1.165) is 17.0 Å². The van der Waals surface area contributed by atoms with Gasteiger partial charge in [-0.25, -0.2) is 4.79 Å². The van der Waals surface area contributed by atoms with Crippen LogP contribution in [0.1, 0.15) is 5.56 Å². The number of hydrogen-bond acceptors (Lipinski definition) is 2. The molecule has 2 aromatic rings. The van der Waals surface area contributed by atoms with Gasteiger partial charge in [0.05, 0.1) is 12.2 Å². The Morgan fingerprint density at radius 1 is 1.29 bits per heavy atom. The van der Waals surface area contributed by atoms with Crippen LogP contribution in [0.25, 0.3) is 0 Å². The second-order valence-electron chi connectivity index (χ2n) is 4.91. The summed E-state index contributed by atoms with van der Waals surface area (Å²) in [5.74, 6) is 0.730. The minimum absolute atomic E-state index is 0.188. The number of hydrogen-bond donors (Lipinski definition) is 1. The molecule has 0 atom stereocenters. The van der Waals surface area contributed by atoms with Crippen molar-refractivity contribution in [3.05, 3.63) is 53.1 Å². The molecule has 1 heterocycles. The normalized spacial score (nSPS) is 13.3. The SMILES string of the molecule is Cc1ccc2c(c1)N(C(=O)Nc1cccc(Cl)c1)CCO2. The lowest BCUT2D eigenvalue weighted by Gasteiger charge is -2.29. The number of ether oxygens (including phenoxy) is 1. The van der Waals surface area contributed by atoms with E-state index >= 15 is 0 Å². The summed E-state index contributed by atoms with van der Waals surface area (Å²) in [6.07, 6.45) is 0. The molecule has 2 aromatic carbocycles. The number of nitrogens with zero attached hydrogens (tertiary/aromatic N) is 1. The number of fused-ring (bicyclic) bond motifs is 1. The fourth-order valence-electron chi connectivity index (χ4n) is 2.30. The highest BCUT2D eigenvalue weighted by molar-refractivity contribution is 6.30. The molecule has 5 heteroatoms. The van der Waals surface area contributed by atoms with Crippen LogP contribution in [0.4, 0.5) is 16.2 Å². The van der Waals surface area contributed by atoms with Crippen molar-refractivity contribution >= 4 is 29.0 Å². The monoisotopic (exact) mass is 302 g/mol.